The Balaban J connectivity index is 1.72. The summed E-state index contributed by atoms with van der Waals surface area (Å²) in [7, 11) is 0. The third-order valence-corrected chi connectivity index (χ3v) is 7.10. The number of phenolic OH excluding ortho intramolecular Hbond substituents is 1. The van der Waals surface area contributed by atoms with E-state index in [9.17, 15) is 10.2 Å². The van der Waals surface area contributed by atoms with E-state index in [0.717, 1.165) is 38.5 Å². The standard InChI is InChI=1S/C20H24O2/c1-3-20(22)11-9-18-17-6-4-13-12-14(21)5-7-15(13)16(17)8-10-19(18,20)2/h1,5,7,12,16-18,21-22H,4,6,8-11H2,2H3/t16-,17+,18+,19+,20-/m1/s1. The minimum Gasteiger partial charge on any atom is -0.508 e. The van der Waals surface area contributed by atoms with Crippen LogP contribution in [0.5, 0.6) is 5.75 Å². The third-order valence-electron chi connectivity index (χ3n) is 7.10. The lowest BCUT2D eigenvalue weighted by Crippen LogP contribution is -2.50. The molecule has 0 aliphatic heterocycles. The van der Waals surface area contributed by atoms with Crippen LogP contribution in [0, 0.1) is 29.6 Å². The number of hydrogen-bond donors (Lipinski definition) is 2. The lowest BCUT2D eigenvalue weighted by atomic mass is 9.53. The van der Waals surface area contributed by atoms with Gasteiger partial charge in [0.2, 0.25) is 0 Å². The monoisotopic (exact) mass is 296 g/mol. The van der Waals surface area contributed by atoms with E-state index in [1.165, 1.54) is 11.1 Å². The van der Waals surface area contributed by atoms with Gasteiger partial charge in [-0.05, 0) is 79.5 Å². The minimum absolute atomic E-state index is 0.128. The van der Waals surface area contributed by atoms with Gasteiger partial charge in [0.05, 0.1) is 0 Å². The molecular weight excluding hydrogens is 272 g/mol. The first-order valence-corrected chi connectivity index (χ1v) is 8.50. The maximum absolute atomic E-state index is 10.9. The average molecular weight is 296 g/mol. The van der Waals surface area contributed by atoms with Crippen LogP contribution >= 0.6 is 0 Å². The van der Waals surface area contributed by atoms with Crippen LogP contribution in [-0.4, -0.2) is 15.8 Å². The average Bonchev–Trinajstić information content (AvgIpc) is 2.79. The Bertz CT molecular complexity index is 658. The molecule has 4 rings (SSSR count). The molecule has 0 unspecified atom stereocenters. The molecule has 1 aromatic carbocycles. The van der Waals surface area contributed by atoms with E-state index in [1.54, 1.807) is 0 Å². The van der Waals surface area contributed by atoms with Crippen LogP contribution in [0.15, 0.2) is 18.2 Å². The van der Waals surface area contributed by atoms with Crippen molar-refractivity contribution in [1.29, 1.82) is 0 Å². The predicted octanol–water partition coefficient (Wildman–Crippen LogP) is 3.61. The maximum atomic E-state index is 10.9. The van der Waals surface area contributed by atoms with E-state index in [1.807, 2.05) is 12.1 Å². The Morgan fingerprint density at radius 2 is 2.05 bits per heavy atom. The molecule has 5 atom stereocenters. The smallest absolute Gasteiger partial charge is 0.130 e. The van der Waals surface area contributed by atoms with Gasteiger partial charge in [0.15, 0.2) is 0 Å². The van der Waals surface area contributed by atoms with Crippen LogP contribution in [-0.2, 0) is 6.42 Å². The topological polar surface area (TPSA) is 40.5 Å². The molecule has 116 valence electrons. The van der Waals surface area contributed by atoms with Gasteiger partial charge in [-0.25, -0.2) is 0 Å². The Kier molecular flexibility index (Phi) is 2.91. The fraction of sp³-hybridized carbons (Fsp3) is 0.600. The summed E-state index contributed by atoms with van der Waals surface area (Å²) < 4.78 is 0. The van der Waals surface area contributed by atoms with Crippen molar-refractivity contribution in [2.24, 2.45) is 17.3 Å². The molecule has 0 bridgehead atoms. The molecule has 0 aromatic heterocycles. The van der Waals surface area contributed by atoms with E-state index < -0.39 is 5.60 Å². The number of aryl methyl sites for hydroxylation is 1. The number of aliphatic hydroxyl groups is 1. The summed E-state index contributed by atoms with van der Waals surface area (Å²) in [4.78, 5) is 0. The summed E-state index contributed by atoms with van der Waals surface area (Å²) >= 11 is 0. The Morgan fingerprint density at radius 1 is 1.23 bits per heavy atom. The molecule has 2 heteroatoms. The number of benzene rings is 1. The zero-order valence-corrected chi connectivity index (χ0v) is 13.2. The molecule has 2 fully saturated rings. The van der Waals surface area contributed by atoms with E-state index in [2.05, 4.69) is 18.9 Å². The highest BCUT2D eigenvalue weighted by Crippen LogP contribution is 2.64. The molecule has 2 nitrogen and oxygen atoms in total. The van der Waals surface area contributed by atoms with E-state index in [0.29, 0.717) is 23.5 Å². The summed E-state index contributed by atoms with van der Waals surface area (Å²) in [5, 5.41) is 20.6. The molecule has 0 spiro atoms. The zero-order valence-electron chi connectivity index (χ0n) is 13.2. The van der Waals surface area contributed by atoms with Crippen LogP contribution in [0.3, 0.4) is 0 Å². The Labute approximate surface area is 132 Å². The number of hydrogen-bond acceptors (Lipinski definition) is 2. The highest BCUT2D eigenvalue weighted by atomic mass is 16.3. The molecular formula is C20H24O2. The van der Waals surface area contributed by atoms with Crippen LogP contribution in [0.1, 0.15) is 56.1 Å². The summed E-state index contributed by atoms with van der Waals surface area (Å²) in [5.41, 5.74) is 1.69. The number of aromatic hydroxyl groups is 1. The number of phenols is 1. The van der Waals surface area contributed by atoms with E-state index >= 15 is 0 Å². The fourth-order valence-electron chi connectivity index (χ4n) is 5.82. The summed E-state index contributed by atoms with van der Waals surface area (Å²) in [6.45, 7) is 2.22. The molecule has 0 radical (unpaired) electrons. The second-order valence-corrected chi connectivity index (χ2v) is 7.80. The molecule has 2 N–H and O–H groups in total. The molecule has 3 aliphatic carbocycles. The summed E-state index contributed by atoms with van der Waals surface area (Å²) in [6.07, 6.45) is 11.8. The SMILES string of the molecule is C#C[C@@]1(O)CC[C@H]2[C@H]3CCc4cc(O)ccc4[C@H]3CC[C@@]21C. The highest BCUT2D eigenvalue weighted by Gasteiger charge is 2.61. The van der Waals surface area contributed by atoms with Gasteiger partial charge in [-0.3, -0.25) is 0 Å². The first kappa shape index (κ1) is 14.2. The van der Waals surface area contributed by atoms with Crippen molar-refractivity contribution in [1.82, 2.24) is 0 Å². The van der Waals surface area contributed by atoms with Crippen LogP contribution in [0.4, 0.5) is 0 Å². The first-order valence-electron chi connectivity index (χ1n) is 8.50. The van der Waals surface area contributed by atoms with Gasteiger partial charge in [0, 0.05) is 5.41 Å². The lowest BCUT2D eigenvalue weighted by molar-refractivity contribution is -0.0646. The van der Waals surface area contributed by atoms with E-state index in [4.69, 9.17) is 6.42 Å². The van der Waals surface area contributed by atoms with Gasteiger partial charge >= 0.3 is 0 Å². The van der Waals surface area contributed by atoms with Crippen LogP contribution in [0.2, 0.25) is 0 Å². The van der Waals surface area contributed by atoms with Crippen molar-refractivity contribution in [3.05, 3.63) is 29.3 Å². The molecule has 0 saturated heterocycles. The summed E-state index contributed by atoms with van der Waals surface area (Å²) in [6, 6.07) is 5.87. The third kappa shape index (κ3) is 1.66. The number of terminal acetylenes is 1. The molecule has 0 amide bonds. The van der Waals surface area contributed by atoms with Gasteiger partial charge in [-0.1, -0.05) is 18.9 Å². The second-order valence-electron chi connectivity index (χ2n) is 7.80. The van der Waals surface area contributed by atoms with Crippen LogP contribution in [0.25, 0.3) is 0 Å². The van der Waals surface area contributed by atoms with Gasteiger partial charge in [-0.15, -0.1) is 6.42 Å². The first-order chi connectivity index (χ1) is 10.5. The fourth-order valence-corrected chi connectivity index (χ4v) is 5.82. The number of fused-ring (bicyclic) bond motifs is 5. The van der Waals surface area contributed by atoms with Crippen molar-refractivity contribution in [2.45, 2.75) is 57.0 Å². The van der Waals surface area contributed by atoms with Gasteiger partial charge in [-0.2, -0.15) is 0 Å². The molecule has 1 aromatic rings. The van der Waals surface area contributed by atoms with Crippen molar-refractivity contribution < 1.29 is 10.2 Å². The lowest BCUT2D eigenvalue weighted by Gasteiger charge is -2.52. The van der Waals surface area contributed by atoms with Crippen molar-refractivity contribution in [2.75, 3.05) is 0 Å². The normalized spacial score (nSPS) is 42.9. The second kappa shape index (κ2) is 4.52. The molecule has 2 saturated carbocycles. The van der Waals surface area contributed by atoms with Crippen molar-refractivity contribution in [3.8, 4) is 18.1 Å². The van der Waals surface area contributed by atoms with Crippen LogP contribution < -0.4 is 0 Å². The Hall–Kier alpha value is -1.46. The number of rotatable bonds is 0. The zero-order chi connectivity index (χ0) is 15.5. The molecule has 0 heterocycles. The summed E-state index contributed by atoms with van der Waals surface area (Å²) in [5.74, 6) is 4.82. The van der Waals surface area contributed by atoms with E-state index in [-0.39, 0.29) is 5.41 Å². The molecule has 3 aliphatic rings. The highest BCUT2D eigenvalue weighted by molar-refractivity contribution is 5.40. The molecule has 22 heavy (non-hydrogen) atoms. The van der Waals surface area contributed by atoms with Gasteiger partial charge < -0.3 is 10.2 Å². The quantitative estimate of drug-likeness (QED) is 0.718. The van der Waals surface area contributed by atoms with Gasteiger partial charge in [0.25, 0.3) is 0 Å². The predicted molar refractivity (Wildman–Crippen MR) is 86.5 cm³/mol. The van der Waals surface area contributed by atoms with Gasteiger partial charge in [0.1, 0.15) is 11.4 Å². The maximum Gasteiger partial charge on any atom is 0.130 e. The van der Waals surface area contributed by atoms with Crippen molar-refractivity contribution >= 4 is 0 Å². The van der Waals surface area contributed by atoms with Crippen molar-refractivity contribution in [3.63, 3.8) is 0 Å². The Morgan fingerprint density at radius 3 is 2.82 bits per heavy atom. The minimum atomic E-state index is -0.919. The largest absolute Gasteiger partial charge is 0.508 e.